The lowest BCUT2D eigenvalue weighted by atomic mass is 9.93. The summed E-state index contributed by atoms with van der Waals surface area (Å²) in [6, 6.07) is 0. The molecule has 0 aromatic heterocycles. The Morgan fingerprint density at radius 1 is 1.21 bits per heavy atom. The Morgan fingerprint density at radius 3 is 2.32 bits per heavy atom. The Kier molecular flexibility index (Phi) is 3.68. The highest BCUT2D eigenvalue weighted by molar-refractivity contribution is 5.97. The summed E-state index contributed by atoms with van der Waals surface area (Å²) in [5.74, 6) is -3.12. The molecule has 19 heavy (non-hydrogen) atoms. The molecule has 2 aliphatic rings. The lowest BCUT2D eigenvalue weighted by molar-refractivity contribution is -0.231. The minimum atomic E-state index is -1.36. The minimum absolute atomic E-state index is 0.295. The molecule has 1 aliphatic heterocycles. The maximum absolute atomic E-state index is 11.8. The van der Waals surface area contributed by atoms with E-state index in [0.29, 0.717) is 13.2 Å². The molecular formula is C12H14O7. The van der Waals surface area contributed by atoms with Gasteiger partial charge in [0.2, 0.25) is 18.0 Å². The first-order valence-corrected chi connectivity index (χ1v) is 5.80. The SMILES string of the molecule is CC(=O)O[C@@H]1C(=O)C=CC2(OCCO2)[C@@H]1OC(C)=O. The molecule has 1 spiro atoms. The van der Waals surface area contributed by atoms with Gasteiger partial charge in [0, 0.05) is 13.8 Å². The molecule has 7 heteroatoms. The van der Waals surface area contributed by atoms with Crippen molar-refractivity contribution in [1.29, 1.82) is 0 Å². The summed E-state index contributed by atoms with van der Waals surface area (Å²) >= 11 is 0. The second-order valence-corrected chi connectivity index (χ2v) is 4.21. The van der Waals surface area contributed by atoms with E-state index >= 15 is 0 Å². The van der Waals surface area contributed by atoms with Gasteiger partial charge in [-0.05, 0) is 12.2 Å². The molecule has 1 fully saturated rings. The summed E-state index contributed by atoms with van der Waals surface area (Å²) in [4.78, 5) is 34.0. The molecule has 0 aromatic carbocycles. The van der Waals surface area contributed by atoms with Crippen molar-refractivity contribution in [1.82, 2.24) is 0 Å². The van der Waals surface area contributed by atoms with Crippen LogP contribution in [0.1, 0.15) is 13.8 Å². The van der Waals surface area contributed by atoms with Crippen molar-refractivity contribution in [2.24, 2.45) is 0 Å². The molecule has 0 radical (unpaired) electrons. The zero-order valence-corrected chi connectivity index (χ0v) is 10.6. The number of ether oxygens (including phenoxy) is 4. The van der Waals surface area contributed by atoms with Gasteiger partial charge in [0.05, 0.1) is 13.2 Å². The molecular weight excluding hydrogens is 256 g/mol. The molecule has 0 aromatic rings. The number of ketones is 1. The highest BCUT2D eigenvalue weighted by atomic mass is 16.8. The number of hydrogen-bond donors (Lipinski definition) is 0. The van der Waals surface area contributed by atoms with Crippen LogP contribution in [0.3, 0.4) is 0 Å². The molecule has 2 rings (SSSR count). The van der Waals surface area contributed by atoms with Crippen molar-refractivity contribution in [2.45, 2.75) is 31.8 Å². The zero-order chi connectivity index (χ0) is 14.0. The first-order valence-electron chi connectivity index (χ1n) is 5.80. The zero-order valence-electron chi connectivity index (χ0n) is 10.6. The molecule has 1 saturated heterocycles. The third-order valence-electron chi connectivity index (χ3n) is 2.76. The van der Waals surface area contributed by atoms with Crippen molar-refractivity contribution in [3.8, 4) is 0 Å². The molecule has 104 valence electrons. The lowest BCUT2D eigenvalue weighted by Crippen LogP contribution is -2.57. The average Bonchev–Trinajstić information content (AvgIpc) is 2.78. The second kappa shape index (κ2) is 5.10. The van der Waals surface area contributed by atoms with E-state index in [4.69, 9.17) is 18.9 Å². The van der Waals surface area contributed by atoms with E-state index in [0.717, 1.165) is 0 Å². The summed E-state index contributed by atoms with van der Waals surface area (Å²) in [5.41, 5.74) is 0. The fourth-order valence-corrected chi connectivity index (χ4v) is 2.07. The van der Waals surface area contributed by atoms with E-state index in [1.165, 1.54) is 26.0 Å². The predicted molar refractivity (Wildman–Crippen MR) is 59.9 cm³/mol. The van der Waals surface area contributed by atoms with E-state index < -0.39 is 35.7 Å². The minimum Gasteiger partial charge on any atom is -0.452 e. The topological polar surface area (TPSA) is 88.1 Å². The van der Waals surface area contributed by atoms with E-state index in [-0.39, 0.29) is 0 Å². The van der Waals surface area contributed by atoms with Crippen molar-refractivity contribution < 1.29 is 33.3 Å². The average molecular weight is 270 g/mol. The van der Waals surface area contributed by atoms with E-state index in [1.807, 2.05) is 0 Å². The number of esters is 2. The summed E-state index contributed by atoms with van der Waals surface area (Å²) in [6.45, 7) is 2.95. The molecule has 2 atom stereocenters. The number of hydrogen-bond acceptors (Lipinski definition) is 7. The first-order chi connectivity index (χ1) is 8.94. The third-order valence-corrected chi connectivity index (χ3v) is 2.76. The highest BCUT2D eigenvalue weighted by Gasteiger charge is 2.54. The van der Waals surface area contributed by atoms with Gasteiger partial charge in [0.25, 0.3) is 0 Å². The number of carbonyl (C=O) groups excluding carboxylic acids is 3. The van der Waals surface area contributed by atoms with Crippen LogP contribution in [0.2, 0.25) is 0 Å². The molecule has 7 nitrogen and oxygen atoms in total. The lowest BCUT2D eigenvalue weighted by Gasteiger charge is -2.37. The van der Waals surface area contributed by atoms with Crippen molar-refractivity contribution in [3.63, 3.8) is 0 Å². The van der Waals surface area contributed by atoms with Crippen LogP contribution in [0.25, 0.3) is 0 Å². The van der Waals surface area contributed by atoms with Crippen LogP contribution in [0.15, 0.2) is 12.2 Å². The van der Waals surface area contributed by atoms with E-state index in [9.17, 15) is 14.4 Å². The Hall–Kier alpha value is -1.73. The maximum atomic E-state index is 11.8. The Bertz CT molecular complexity index is 433. The number of rotatable bonds is 2. The van der Waals surface area contributed by atoms with Crippen LogP contribution in [-0.2, 0) is 33.3 Å². The van der Waals surface area contributed by atoms with Gasteiger partial charge in [-0.15, -0.1) is 0 Å². The highest BCUT2D eigenvalue weighted by Crippen LogP contribution is 2.34. The summed E-state index contributed by atoms with van der Waals surface area (Å²) in [7, 11) is 0. The van der Waals surface area contributed by atoms with Crippen LogP contribution in [-0.4, -0.2) is 48.9 Å². The molecule has 0 saturated carbocycles. The summed E-state index contributed by atoms with van der Waals surface area (Å²) in [5, 5.41) is 0. The van der Waals surface area contributed by atoms with Gasteiger partial charge in [-0.2, -0.15) is 0 Å². The monoisotopic (exact) mass is 270 g/mol. The second-order valence-electron chi connectivity index (χ2n) is 4.21. The molecule has 0 bridgehead atoms. The quantitative estimate of drug-likeness (QED) is 0.638. The van der Waals surface area contributed by atoms with E-state index in [2.05, 4.69) is 0 Å². The van der Waals surface area contributed by atoms with Crippen LogP contribution >= 0.6 is 0 Å². The van der Waals surface area contributed by atoms with Gasteiger partial charge < -0.3 is 18.9 Å². The maximum Gasteiger partial charge on any atom is 0.303 e. The Labute approximate surface area is 109 Å². The fourth-order valence-electron chi connectivity index (χ4n) is 2.07. The van der Waals surface area contributed by atoms with Gasteiger partial charge in [-0.1, -0.05) is 0 Å². The van der Waals surface area contributed by atoms with Gasteiger partial charge in [0.1, 0.15) is 0 Å². The molecule has 0 N–H and O–H groups in total. The van der Waals surface area contributed by atoms with Crippen LogP contribution in [0.4, 0.5) is 0 Å². The standard InChI is InChI=1S/C12H14O7/c1-7(13)18-10-9(15)3-4-12(16-5-6-17-12)11(10)19-8(2)14/h3-4,10-11H,5-6H2,1-2H3/t10-,11-/m1/s1. The first kappa shape index (κ1) is 13.7. The fraction of sp³-hybridized carbons (Fsp3) is 0.583. The number of carbonyl (C=O) groups is 3. The van der Waals surface area contributed by atoms with Crippen molar-refractivity contribution in [3.05, 3.63) is 12.2 Å². The Balaban J connectivity index is 2.33. The van der Waals surface area contributed by atoms with Gasteiger partial charge in [0.15, 0.2) is 5.78 Å². The van der Waals surface area contributed by atoms with Crippen molar-refractivity contribution in [2.75, 3.05) is 13.2 Å². The smallest absolute Gasteiger partial charge is 0.303 e. The van der Waals surface area contributed by atoms with Crippen LogP contribution in [0.5, 0.6) is 0 Å². The molecule has 0 unspecified atom stereocenters. The third kappa shape index (κ3) is 2.66. The van der Waals surface area contributed by atoms with Gasteiger partial charge in [-0.3, -0.25) is 14.4 Å². The predicted octanol–water partition coefficient (Wildman–Crippen LogP) is -0.268. The summed E-state index contributed by atoms with van der Waals surface area (Å²) in [6.07, 6.45) is 0.188. The molecule has 1 aliphatic carbocycles. The van der Waals surface area contributed by atoms with Crippen LogP contribution < -0.4 is 0 Å². The van der Waals surface area contributed by atoms with Crippen molar-refractivity contribution >= 4 is 17.7 Å². The Morgan fingerprint density at radius 2 is 1.79 bits per heavy atom. The summed E-state index contributed by atoms with van der Waals surface area (Å²) < 4.78 is 20.9. The largest absolute Gasteiger partial charge is 0.452 e. The van der Waals surface area contributed by atoms with Crippen LogP contribution in [0, 0.1) is 0 Å². The van der Waals surface area contributed by atoms with Gasteiger partial charge >= 0.3 is 11.9 Å². The van der Waals surface area contributed by atoms with E-state index in [1.54, 1.807) is 0 Å². The molecule has 0 amide bonds. The normalized spacial score (nSPS) is 28.4. The van der Waals surface area contributed by atoms with Gasteiger partial charge in [-0.25, -0.2) is 0 Å². The molecule has 1 heterocycles.